The predicted octanol–water partition coefficient (Wildman–Crippen LogP) is 2.09. The van der Waals surface area contributed by atoms with E-state index in [1.54, 1.807) is 0 Å². The number of benzene rings is 1. The Balaban J connectivity index is 1.70. The summed E-state index contributed by atoms with van der Waals surface area (Å²) in [7, 11) is -3.11. The molecule has 0 aliphatic carbocycles. The smallest absolute Gasteiger partial charge is 0.251 e. The molecular weight excluding hydrogens is 355 g/mol. The molecule has 0 spiro atoms. The van der Waals surface area contributed by atoms with Gasteiger partial charge in [-0.1, -0.05) is 13.8 Å². The Bertz CT molecular complexity index is 749. The van der Waals surface area contributed by atoms with E-state index >= 15 is 0 Å². The summed E-state index contributed by atoms with van der Waals surface area (Å²) in [6.07, 6.45) is 1.47. The predicted molar refractivity (Wildman–Crippen MR) is 99.2 cm³/mol. The molecule has 2 aliphatic heterocycles. The second kappa shape index (κ2) is 7.64. The van der Waals surface area contributed by atoms with Gasteiger partial charge < -0.3 is 10.2 Å². The van der Waals surface area contributed by atoms with Gasteiger partial charge in [-0.3, -0.25) is 4.79 Å². The number of nitrogens with zero attached hydrogens (tertiary/aromatic N) is 1. The maximum Gasteiger partial charge on any atom is 0.251 e. The molecular formula is C19H27FN2O3S. The van der Waals surface area contributed by atoms with E-state index in [9.17, 15) is 17.6 Å². The third-order valence-corrected chi connectivity index (χ3v) is 7.75. The molecule has 0 unspecified atom stereocenters. The summed E-state index contributed by atoms with van der Waals surface area (Å²) in [5, 5.41) is 2.60. The Hall–Kier alpha value is -1.47. The van der Waals surface area contributed by atoms with Crippen molar-refractivity contribution in [1.82, 2.24) is 10.2 Å². The molecule has 0 aromatic heterocycles. The van der Waals surface area contributed by atoms with Crippen molar-refractivity contribution in [1.29, 1.82) is 0 Å². The number of fused-ring (bicyclic) bond motifs is 1. The first kappa shape index (κ1) is 19.3. The van der Waals surface area contributed by atoms with Crippen molar-refractivity contribution < 1.29 is 17.6 Å². The van der Waals surface area contributed by atoms with Crippen LogP contribution in [0.15, 0.2) is 24.3 Å². The van der Waals surface area contributed by atoms with Crippen LogP contribution >= 0.6 is 0 Å². The van der Waals surface area contributed by atoms with E-state index in [0.29, 0.717) is 31.0 Å². The zero-order chi connectivity index (χ0) is 18.9. The van der Waals surface area contributed by atoms with E-state index in [1.165, 1.54) is 24.3 Å². The summed E-state index contributed by atoms with van der Waals surface area (Å²) in [5.74, 6) is -0.0512. The second-order valence-electron chi connectivity index (χ2n) is 7.89. The van der Waals surface area contributed by atoms with Gasteiger partial charge in [0.2, 0.25) is 0 Å². The van der Waals surface area contributed by atoms with Gasteiger partial charge in [-0.2, -0.15) is 0 Å². The molecule has 3 rings (SSSR count). The summed E-state index contributed by atoms with van der Waals surface area (Å²) in [6.45, 7) is 6.46. The van der Waals surface area contributed by atoms with Crippen LogP contribution in [0.1, 0.15) is 37.0 Å². The molecule has 1 N–H and O–H groups in total. The standard InChI is InChI=1S/C19H27FN2O3S/c1-13(2)7-9-22-11-16-17(8-10-26(24,25)18(16)12-22)21-19(23)14-3-5-15(20)6-4-14/h3-6,13,16-18H,7-12H2,1-2H3,(H,21,23)/t16-,17+,18-/m1/s1. The molecule has 0 bridgehead atoms. The van der Waals surface area contributed by atoms with Crippen molar-refractivity contribution in [3.8, 4) is 0 Å². The zero-order valence-corrected chi connectivity index (χ0v) is 16.1. The van der Waals surface area contributed by atoms with Crippen molar-refractivity contribution in [3.05, 3.63) is 35.6 Å². The van der Waals surface area contributed by atoms with Crippen LogP contribution in [0, 0.1) is 17.7 Å². The molecule has 2 aliphatic rings. The quantitative estimate of drug-likeness (QED) is 0.847. The van der Waals surface area contributed by atoms with E-state index < -0.39 is 15.1 Å². The van der Waals surface area contributed by atoms with E-state index in [1.807, 2.05) is 0 Å². The van der Waals surface area contributed by atoms with Crippen LogP contribution in [0.5, 0.6) is 0 Å². The van der Waals surface area contributed by atoms with Crippen molar-refractivity contribution in [3.63, 3.8) is 0 Å². The largest absolute Gasteiger partial charge is 0.349 e. The maximum atomic E-state index is 13.0. The average Bonchev–Trinajstić information content (AvgIpc) is 3.02. The number of carbonyl (C=O) groups is 1. The lowest BCUT2D eigenvalue weighted by atomic mass is 9.95. The number of rotatable bonds is 5. The van der Waals surface area contributed by atoms with Gasteiger partial charge in [0.15, 0.2) is 9.84 Å². The minimum atomic E-state index is -3.11. The van der Waals surface area contributed by atoms with Crippen LogP contribution in [0.2, 0.25) is 0 Å². The highest BCUT2D eigenvalue weighted by molar-refractivity contribution is 7.92. The number of likely N-dealkylation sites (tertiary alicyclic amines) is 1. The number of halogens is 1. The van der Waals surface area contributed by atoms with Crippen LogP contribution in [-0.2, 0) is 9.84 Å². The number of hydrogen-bond donors (Lipinski definition) is 1. The highest BCUT2D eigenvalue weighted by Gasteiger charge is 2.48. The summed E-state index contributed by atoms with van der Waals surface area (Å²) >= 11 is 0. The van der Waals surface area contributed by atoms with E-state index in [0.717, 1.165) is 13.0 Å². The first-order chi connectivity index (χ1) is 12.3. The molecule has 144 valence electrons. The fourth-order valence-corrected chi connectivity index (χ4v) is 6.09. The lowest BCUT2D eigenvalue weighted by Crippen LogP contribution is -2.51. The van der Waals surface area contributed by atoms with Gasteiger partial charge in [0, 0.05) is 30.6 Å². The Morgan fingerprint density at radius 1 is 1.27 bits per heavy atom. The lowest BCUT2D eigenvalue weighted by molar-refractivity contribution is 0.0919. The minimum absolute atomic E-state index is 0.0784. The molecule has 0 saturated carbocycles. The molecule has 2 saturated heterocycles. The van der Waals surface area contributed by atoms with Gasteiger partial charge in [-0.05, 0) is 49.6 Å². The second-order valence-corrected chi connectivity index (χ2v) is 10.2. The monoisotopic (exact) mass is 382 g/mol. The van der Waals surface area contributed by atoms with Gasteiger partial charge in [-0.15, -0.1) is 0 Å². The van der Waals surface area contributed by atoms with E-state index in [2.05, 4.69) is 24.1 Å². The number of sulfone groups is 1. The molecule has 3 atom stereocenters. The Kier molecular flexibility index (Phi) is 5.67. The van der Waals surface area contributed by atoms with Crippen LogP contribution in [0.25, 0.3) is 0 Å². The van der Waals surface area contributed by atoms with Gasteiger partial charge in [-0.25, -0.2) is 12.8 Å². The molecule has 7 heteroatoms. The average molecular weight is 383 g/mol. The minimum Gasteiger partial charge on any atom is -0.349 e. The van der Waals surface area contributed by atoms with Gasteiger partial charge in [0.1, 0.15) is 5.82 Å². The summed E-state index contributed by atoms with van der Waals surface area (Å²) < 4.78 is 38.0. The van der Waals surface area contributed by atoms with Crippen LogP contribution < -0.4 is 5.32 Å². The fourth-order valence-electron chi connectivity index (χ4n) is 3.96. The van der Waals surface area contributed by atoms with Crippen LogP contribution in [-0.4, -0.2) is 55.9 Å². The number of carbonyl (C=O) groups excluding carboxylic acids is 1. The number of hydrogen-bond acceptors (Lipinski definition) is 4. The maximum absolute atomic E-state index is 13.0. The van der Waals surface area contributed by atoms with Gasteiger partial charge >= 0.3 is 0 Å². The Morgan fingerprint density at radius 2 is 1.96 bits per heavy atom. The topological polar surface area (TPSA) is 66.5 Å². The van der Waals surface area contributed by atoms with Crippen molar-refractivity contribution in [2.75, 3.05) is 25.4 Å². The first-order valence-corrected chi connectivity index (χ1v) is 11.0. The molecule has 1 aromatic rings. The molecule has 2 fully saturated rings. The molecule has 26 heavy (non-hydrogen) atoms. The van der Waals surface area contributed by atoms with E-state index in [4.69, 9.17) is 0 Å². The first-order valence-electron chi connectivity index (χ1n) is 9.26. The van der Waals surface area contributed by atoms with Crippen LogP contribution in [0.3, 0.4) is 0 Å². The molecule has 0 radical (unpaired) electrons. The van der Waals surface area contributed by atoms with Crippen molar-refractivity contribution in [2.24, 2.45) is 11.8 Å². The molecule has 1 amide bonds. The third-order valence-electron chi connectivity index (χ3n) is 5.52. The molecule has 1 aromatic carbocycles. The summed E-state index contributed by atoms with van der Waals surface area (Å²) in [6, 6.07) is 5.25. The number of nitrogens with one attached hydrogen (secondary N) is 1. The Morgan fingerprint density at radius 3 is 2.62 bits per heavy atom. The molecule has 5 nitrogen and oxygen atoms in total. The van der Waals surface area contributed by atoms with Crippen LogP contribution in [0.4, 0.5) is 4.39 Å². The SMILES string of the molecule is CC(C)CCN1C[C@@H]2[C@@H](NC(=O)c3ccc(F)cc3)CCS(=O)(=O)[C@@H]2C1. The van der Waals surface area contributed by atoms with Crippen molar-refractivity contribution >= 4 is 15.7 Å². The highest BCUT2D eigenvalue weighted by atomic mass is 32.2. The normalized spacial score (nSPS) is 28.1. The fraction of sp³-hybridized carbons (Fsp3) is 0.632. The zero-order valence-electron chi connectivity index (χ0n) is 15.3. The lowest BCUT2D eigenvalue weighted by Gasteiger charge is -2.33. The Labute approximate surface area is 154 Å². The molecule has 2 heterocycles. The number of amides is 1. The van der Waals surface area contributed by atoms with Gasteiger partial charge in [0.05, 0.1) is 11.0 Å². The van der Waals surface area contributed by atoms with Gasteiger partial charge in [0.25, 0.3) is 5.91 Å². The summed E-state index contributed by atoms with van der Waals surface area (Å²) in [4.78, 5) is 14.7. The summed E-state index contributed by atoms with van der Waals surface area (Å²) in [5.41, 5.74) is 0.394. The highest BCUT2D eigenvalue weighted by Crippen LogP contribution is 2.33. The van der Waals surface area contributed by atoms with Crippen molar-refractivity contribution in [2.45, 2.75) is 38.0 Å². The third kappa shape index (κ3) is 4.26. The van der Waals surface area contributed by atoms with E-state index in [-0.39, 0.29) is 29.4 Å².